The molecule has 0 bridgehead atoms. The topological polar surface area (TPSA) is 95.9 Å². The maximum absolute atomic E-state index is 12.5. The Bertz CT molecular complexity index is 1060. The number of ether oxygens (including phenoxy) is 1. The van der Waals surface area contributed by atoms with Gasteiger partial charge in [-0.1, -0.05) is 289 Å². The van der Waals surface area contributed by atoms with Crippen LogP contribution in [0, 0.1) is 0 Å². The van der Waals surface area contributed by atoms with Crippen LogP contribution in [0.25, 0.3) is 0 Å². The smallest absolute Gasteiger partial charge is 0.305 e. The number of carbonyl (C=O) groups is 2. The standard InChI is InChI=1S/C62H119NO5/c1-3-5-7-9-11-13-15-17-18-19-20-21-22-25-28-31-34-38-42-46-50-54-60(65)59(58-64)63-61(66)55-51-47-43-39-35-32-29-26-23-24-27-30-33-37-41-45-49-53-57-68-62(67)56-52-48-44-40-36-16-14-12-10-8-6-4-2/h12,14,50,54,59-60,64-65H,3-11,13,15-49,51-53,55-58H2,1-2H3,(H,63,66)/b14-12-,54-50+. The number of amides is 1. The van der Waals surface area contributed by atoms with Crippen molar-refractivity contribution < 1.29 is 24.5 Å². The Morgan fingerprint density at radius 1 is 0.397 bits per heavy atom. The second-order valence-corrected chi connectivity index (χ2v) is 21.0. The van der Waals surface area contributed by atoms with Gasteiger partial charge in [-0.2, -0.15) is 0 Å². The van der Waals surface area contributed by atoms with Gasteiger partial charge in [-0.05, 0) is 57.8 Å². The van der Waals surface area contributed by atoms with Crippen molar-refractivity contribution in [1.82, 2.24) is 5.32 Å². The minimum atomic E-state index is -0.848. The molecule has 0 aromatic rings. The van der Waals surface area contributed by atoms with E-state index in [9.17, 15) is 19.8 Å². The average Bonchev–Trinajstić information content (AvgIpc) is 3.34. The van der Waals surface area contributed by atoms with Gasteiger partial charge in [0.1, 0.15) is 0 Å². The van der Waals surface area contributed by atoms with Crippen molar-refractivity contribution in [3.05, 3.63) is 24.3 Å². The van der Waals surface area contributed by atoms with E-state index in [1.165, 1.54) is 263 Å². The predicted molar refractivity (Wildman–Crippen MR) is 296 cm³/mol. The van der Waals surface area contributed by atoms with E-state index in [1.54, 1.807) is 6.08 Å². The highest BCUT2D eigenvalue weighted by molar-refractivity contribution is 5.76. The van der Waals surface area contributed by atoms with E-state index in [4.69, 9.17) is 4.74 Å². The number of carbonyl (C=O) groups excluding carboxylic acids is 2. The molecular formula is C62H119NO5. The molecule has 0 radical (unpaired) electrons. The molecule has 0 spiro atoms. The number of hydrogen-bond donors (Lipinski definition) is 3. The average molecular weight is 959 g/mol. The lowest BCUT2D eigenvalue weighted by atomic mass is 10.0. The molecule has 2 unspecified atom stereocenters. The first kappa shape index (κ1) is 66.3. The molecule has 0 aliphatic heterocycles. The SMILES string of the molecule is CCCCC/C=C\CCCCCCCC(=O)OCCCCCCCCCCCCCCCCCCCCC(=O)NC(CO)C(O)/C=C/CCCCCCCCCCCCCCCCCCCCC. The second kappa shape index (κ2) is 57.9. The summed E-state index contributed by atoms with van der Waals surface area (Å²) >= 11 is 0. The second-order valence-electron chi connectivity index (χ2n) is 21.0. The van der Waals surface area contributed by atoms with Crippen molar-refractivity contribution in [2.75, 3.05) is 13.2 Å². The highest BCUT2D eigenvalue weighted by Gasteiger charge is 2.18. The van der Waals surface area contributed by atoms with Gasteiger partial charge >= 0.3 is 5.97 Å². The Labute approximate surface area is 424 Å². The molecule has 0 aromatic carbocycles. The number of esters is 1. The van der Waals surface area contributed by atoms with Crippen molar-refractivity contribution >= 4 is 11.9 Å². The van der Waals surface area contributed by atoms with Crippen molar-refractivity contribution in [3.63, 3.8) is 0 Å². The van der Waals surface area contributed by atoms with Gasteiger partial charge in [0.2, 0.25) is 5.91 Å². The number of aliphatic hydroxyl groups is 2. The van der Waals surface area contributed by atoms with Crippen molar-refractivity contribution in [3.8, 4) is 0 Å². The predicted octanol–water partition coefficient (Wildman–Crippen LogP) is 19.0. The Hall–Kier alpha value is -1.66. The van der Waals surface area contributed by atoms with Gasteiger partial charge in [0.25, 0.3) is 0 Å². The number of nitrogens with one attached hydrogen (secondary N) is 1. The third-order valence-corrected chi connectivity index (χ3v) is 14.2. The molecule has 1 amide bonds. The van der Waals surface area contributed by atoms with Gasteiger partial charge in [0.15, 0.2) is 0 Å². The van der Waals surface area contributed by atoms with Crippen LogP contribution in [-0.4, -0.2) is 47.4 Å². The monoisotopic (exact) mass is 958 g/mol. The molecule has 0 fully saturated rings. The molecule has 0 rings (SSSR count). The van der Waals surface area contributed by atoms with Crippen molar-refractivity contribution in [2.45, 2.75) is 347 Å². The summed E-state index contributed by atoms with van der Waals surface area (Å²) in [5.41, 5.74) is 0. The molecule has 0 heterocycles. The maximum Gasteiger partial charge on any atom is 0.305 e. The highest BCUT2D eigenvalue weighted by atomic mass is 16.5. The third-order valence-electron chi connectivity index (χ3n) is 14.2. The molecule has 0 aliphatic carbocycles. The molecule has 0 saturated heterocycles. The maximum atomic E-state index is 12.5. The zero-order valence-electron chi connectivity index (χ0n) is 45.9. The summed E-state index contributed by atoms with van der Waals surface area (Å²) in [5.74, 6) is -0.0723. The summed E-state index contributed by atoms with van der Waals surface area (Å²) in [6, 6.07) is -0.632. The molecular weight excluding hydrogens is 839 g/mol. The van der Waals surface area contributed by atoms with E-state index < -0.39 is 12.1 Å². The largest absolute Gasteiger partial charge is 0.466 e. The van der Waals surface area contributed by atoms with Gasteiger partial charge in [-0.15, -0.1) is 0 Å². The van der Waals surface area contributed by atoms with Crippen LogP contribution in [0.4, 0.5) is 0 Å². The summed E-state index contributed by atoms with van der Waals surface area (Å²) in [6.07, 6.45) is 70.6. The zero-order valence-corrected chi connectivity index (χ0v) is 45.9. The van der Waals surface area contributed by atoms with E-state index in [-0.39, 0.29) is 18.5 Å². The van der Waals surface area contributed by atoms with Gasteiger partial charge in [0, 0.05) is 12.8 Å². The summed E-state index contributed by atoms with van der Waals surface area (Å²) in [7, 11) is 0. The van der Waals surface area contributed by atoms with Crippen LogP contribution in [0.15, 0.2) is 24.3 Å². The number of allylic oxidation sites excluding steroid dienone is 3. The van der Waals surface area contributed by atoms with Gasteiger partial charge in [-0.3, -0.25) is 9.59 Å². The number of hydrogen-bond acceptors (Lipinski definition) is 5. The van der Waals surface area contributed by atoms with Crippen LogP contribution in [0.5, 0.6) is 0 Å². The zero-order chi connectivity index (χ0) is 49.3. The van der Waals surface area contributed by atoms with E-state index in [1.807, 2.05) is 6.08 Å². The molecule has 6 heteroatoms. The van der Waals surface area contributed by atoms with E-state index in [0.29, 0.717) is 19.4 Å². The fourth-order valence-corrected chi connectivity index (χ4v) is 9.51. The Balaban J connectivity index is 3.45. The van der Waals surface area contributed by atoms with Crippen LogP contribution in [0.2, 0.25) is 0 Å². The summed E-state index contributed by atoms with van der Waals surface area (Å²) in [4.78, 5) is 24.5. The van der Waals surface area contributed by atoms with Crippen LogP contribution >= 0.6 is 0 Å². The van der Waals surface area contributed by atoms with Crippen molar-refractivity contribution in [2.24, 2.45) is 0 Å². The Morgan fingerprint density at radius 2 is 0.691 bits per heavy atom. The van der Waals surface area contributed by atoms with Gasteiger partial charge in [0.05, 0.1) is 25.4 Å². The minimum absolute atomic E-state index is 0.00317. The number of unbranched alkanes of at least 4 members (excludes halogenated alkanes) is 44. The highest BCUT2D eigenvalue weighted by Crippen LogP contribution is 2.18. The van der Waals surface area contributed by atoms with Gasteiger partial charge < -0.3 is 20.3 Å². The molecule has 0 aromatic heterocycles. The first-order valence-electron chi connectivity index (χ1n) is 30.6. The lowest BCUT2D eigenvalue weighted by molar-refractivity contribution is -0.143. The lowest BCUT2D eigenvalue weighted by Crippen LogP contribution is -2.45. The van der Waals surface area contributed by atoms with E-state index >= 15 is 0 Å². The fourth-order valence-electron chi connectivity index (χ4n) is 9.51. The number of rotatable bonds is 57. The Kier molecular flexibility index (Phi) is 56.5. The first-order valence-corrected chi connectivity index (χ1v) is 30.6. The third kappa shape index (κ3) is 53.7. The van der Waals surface area contributed by atoms with Crippen LogP contribution < -0.4 is 5.32 Å². The lowest BCUT2D eigenvalue weighted by Gasteiger charge is -2.20. The summed E-state index contributed by atoms with van der Waals surface area (Å²) < 4.78 is 5.46. The quantitative estimate of drug-likeness (QED) is 0.0321. The van der Waals surface area contributed by atoms with Gasteiger partial charge in [-0.25, -0.2) is 0 Å². The van der Waals surface area contributed by atoms with Crippen LogP contribution in [0.3, 0.4) is 0 Å². The first-order chi connectivity index (χ1) is 33.5. The Morgan fingerprint density at radius 3 is 1.07 bits per heavy atom. The van der Waals surface area contributed by atoms with E-state index in [2.05, 4.69) is 31.3 Å². The van der Waals surface area contributed by atoms with Crippen LogP contribution in [-0.2, 0) is 14.3 Å². The number of aliphatic hydroxyl groups excluding tert-OH is 2. The van der Waals surface area contributed by atoms with E-state index in [0.717, 1.165) is 44.9 Å². The normalized spacial score (nSPS) is 12.7. The molecule has 68 heavy (non-hydrogen) atoms. The molecule has 0 saturated carbocycles. The summed E-state index contributed by atoms with van der Waals surface area (Å²) in [6.45, 7) is 4.89. The molecule has 402 valence electrons. The molecule has 2 atom stereocenters. The minimum Gasteiger partial charge on any atom is -0.466 e. The summed E-state index contributed by atoms with van der Waals surface area (Å²) in [5, 5.41) is 23.2. The van der Waals surface area contributed by atoms with Crippen molar-refractivity contribution in [1.29, 1.82) is 0 Å². The van der Waals surface area contributed by atoms with Crippen LogP contribution in [0.1, 0.15) is 335 Å². The fraction of sp³-hybridized carbons (Fsp3) is 0.903. The molecule has 6 nitrogen and oxygen atoms in total. The molecule has 0 aliphatic rings. The molecule has 3 N–H and O–H groups in total.